The van der Waals surface area contributed by atoms with Crippen LogP contribution in [0.15, 0.2) is 23.1 Å². The second-order valence-electron chi connectivity index (χ2n) is 4.12. The van der Waals surface area contributed by atoms with Gasteiger partial charge in [0, 0.05) is 10.1 Å². The van der Waals surface area contributed by atoms with Gasteiger partial charge in [-0.1, -0.05) is 18.9 Å². The fraction of sp³-hybridized carbons (Fsp3) is 0.462. The Hall–Kier alpha value is -0.980. The Labute approximate surface area is 100 Å². The molecule has 0 bridgehead atoms. The van der Waals surface area contributed by atoms with Crippen LogP contribution in [0.25, 0.3) is 0 Å². The average molecular weight is 233 g/mol. The number of benzene rings is 1. The number of aliphatic hydroxyl groups excluding tert-OH is 1. The Balaban J connectivity index is 2.16. The van der Waals surface area contributed by atoms with Gasteiger partial charge in [0.1, 0.15) is 6.07 Å². The molecule has 0 aromatic heterocycles. The molecule has 1 aliphatic rings. The molecule has 0 aliphatic heterocycles. The van der Waals surface area contributed by atoms with Crippen LogP contribution in [0.5, 0.6) is 0 Å². The Morgan fingerprint density at radius 1 is 1.38 bits per heavy atom. The Kier molecular flexibility index (Phi) is 3.87. The summed E-state index contributed by atoms with van der Waals surface area (Å²) in [6.07, 6.45) is 5.15. The van der Waals surface area contributed by atoms with Gasteiger partial charge in [0.15, 0.2) is 0 Å². The van der Waals surface area contributed by atoms with Gasteiger partial charge in [-0.2, -0.15) is 5.26 Å². The fourth-order valence-electron chi connectivity index (χ4n) is 2.05. The van der Waals surface area contributed by atoms with Crippen molar-refractivity contribution in [2.45, 2.75) is 42.4 Å². The predicted octanol–water partition coefficient (Wildman–Crippen LogP) is 3.09. The molecule has 1 fully saturated rings. The smallest absolute Gasteiger partial charge is 0.100 e. The van der Waals surface area contributed by atoms with Gasteiger partial charge in [0.2, 0.25) is 0 Å². The van der Waals surface area contributed by atoms with Crippen molar-refractivity contribution in [3.05, 3.63) is 29.3 Å². The molecular formula is C13H15NOS. The zero-order valence-electron chi connectivity index (χ0n) is 9.15. The van der Waals surface area contributed by atoms with Gasteiger partial charge >= 0.3 is 0 Å². The first-order valence-electron chi connectivity index (χ1n) is 5.64. The number of hydrogen-bond acceptors (Lipinski definition) is 3. The van der Waals surface area contributed by atoms with Crippen molar-refractivity contribution in [1.82, 2.24) is 0 Å². The van der Waals surface area contributed by atoms with Gasteiger partial charge in [0.25, 0.3) is 0 Å². The van der Waals surface area contributed by atoms with E-state index in [0.29, 0.717) is 10.8 Å². The number of thioether (sulfide) groups is 1. The van der Waals surface area contributed by atoms with Crippen LogP contribution < -0.4 is 0 Å². The predicted molar refractivity (Wildman–Crippen MR) is 65.2 cm³/mol. The molecule has 1 saturated carbocycles. The first-order chi connectivity index (χ1) is 7.83. The maximum absolute atomic E-state index is 9.07. The third kappa shape index (κ3) is 2.58. The van der Waals surface area contributed by atoms with Gasteiger partial charge in [-0.05, 0) is 30.5 Å². The first-order valence-corrected chi connectivity index (χ1v) is 6.52. The lowest BCUT2D eigenvalue weighted by molar-refractivity contribution is 0.281. The van der Waals surface area contributed by atoms with Crippen LogP contribution in [0.4, 0.5) is 0 Å². The fourth-order valence-corrected chi connectivity index (χ4v) is 3.36. The Morgan fingerprint density at radius 3 is 2.75 bits per heavy atom. The third-order valence-electron chi connectivity index (χ3n) is 2.94. The van der Waals surface area contributed by atoms with Gasteiger partial charge < -0.3 is 5.11 Å². The highest BCUT2D eigenvalue weighted by Gasteiger charge is 2.17. The van der Waals surface area contributed by atoms with Crippen molar-refractivity contribution in [1.29, 1.82) is 5.26 Å². The van der Waals surface area contributed by atoms with Crippen LogP contribution in [-0.2, 0) is 6.61 Å². The quantitative estimate of drug-likeness (QED) is 0.872. The molecule has 2 nitrogen and oxygen atoms in total. The molecule has 0 heterocycles. The van der Waals surface area contributed by atoms with Crippen LogP contribution in [0.2, 0.25) is 0 Å². The summed E-state index contributed by atoms with van der Waals surface area (Å²) in [6, 6.07) is 7.87. The highest BCUT2D eigenvalue weighted by atomic mass is 32.2. The Bertz CT molecular complexity index is 405. The molecule has 0 amide bonds. The number of nitrogens with zero attached hydrogens (tertiary/aromatic N) is 1. The van der Waals surface area contributed by atoms with Crippen molar-refractivity contribution in [2.75, 3.05) is 0 Å². The van der Waals surface area contributed by atoms with E-state index < -0.39 is 0 Å². The normalized spacial score (nSPS) is 16.2. The number of hydrogen-bond donors (Lipinski definition) is 1. The minimum Gasteiger partial charge on any atom is -0.392 e. The van der Waals surface area contributed by atoms with Crippen LogP contribution >= 0.6 is 11.8 Å². The van der Waals surface area contributed by atoms with E-state index in [4.69, 9.17) is 10.4 Å². The summed E-state index contributed by atoms with van der Waals surface area (Å²) in [4.78, 5) is 1.06. The molecule has 84 valence electrons. The van der Waals surface area contributed by atoms with E-state index in [-0.39, 0.29) is 6.61 Å². The largest absolute Gasteiger partial charge is 0.392 e. The van der Waals surface area contributed by atoms with E-state index in [1.165, 1.54) is 25.7 Å². The van der Waals surface area contributed by atoms with Crippen molar-refractivity contribution < 1.29 is 5.11 Å². The third-order valence-corrected chi connectivity index (χ3v) is 4.36. The SMILES string of the molecule is N#Cc1cc(CO)ccc1SC1CCCC1. The van der Waals surface area contributed by atoms with Crippen molar-refractivity contribution in [3.63, 3.8) is 0 Å². The molecule has 0 radical (unpaired) electrons. The lowest BCUT2D eigenvalue weighted by atomic mass is 10.1. The van der Waals surface area contributed by atoms with E-state index in [2.05, 4.69) is 6.07 Å². The second-order valence-corrected chi connectivity index (χ2v) is 5.47. The minimum absolute atomic E-state index is 0.00303. The molecular weight excluding hydrogens is 218 g/mol. The molecule has 0 spiro atoms. The molecule has 1 aromatic carbocycles. The second kappa shape index (κ2) is 5.38. The van der Waals surface area contributed by atoms with Gasteiger partial charge in [-0.3, -0.25) is 0 Å². The Morgan fingerprint density at radius 2 is 2.12 bits per heavy atom. The molecule has 2 rings (SSSR count). The van der Waals surface area contributed by atoms with Gasteiger partial charge in [0.05, 0.1) is 12.2 Å². The maximum atomic E-state index is 9.07. The van der Waals surface area contributed by atoms with Crippen LogP contribution in [0.3, 0.4) is 0 Å². The standard InChI is InChI=1S/C13H15NOS/c14-8-11-7-10(9-15)5-6-13(11)16-12-3-1-2-4-12/h5-7,12,15H,1-4,9H2. The molecule has 0 saturated heterocycles. The summed E-state index contributed by atoms with van der Waals surface area (Å²) in [5.41, 5.74) is 1.51. The van der Waals surface area contributed by atoms with Crippen molar-refractivity contribution in [2.24, 2.45) is 0 Å². The zero-order valence-corrected chi connectivity index (χ0v) is 9.96. The molecule has 1 N–H and O–H groups in total. The molecule has 0 unspecified atom stereocenters. The van der Waals surface area contributed by atoms with Crippen molar-refractivity contribution in [3.8, 4) is 6.07 Å². The summed E-state index contributed by atoms with van der Waals surface area (Å²) in [6.45, 7) is 0.00303. The summed E-state index contributed by atoms with van der Waals surface area (Å²) in [5.74, 6) is 0. The molecule has 0 atom stereocenters. The highest BCUT2D eigenvalue weighted by Crippen LogP contribution is 2.36. The van der Waals surface area contributed by atoms with E-state index in [1.54, 1.807) is 6.07 Å². The lowest BCUT2D eigenvalue weighted by Gasteiger charge is -2.10. The van der Waals surface area contributed by atoms with Crippen LogP contribution in [0.1, 0.15) is 36.8 Å². The van der Waals surface area contributed by atoms with Crippen molar-refractivity contribution >= 4 is 11.8 Å². The summed E-state index contributed by atoms with van der Waals surface area (Å²) < 4.78 is 0. The van der Waals surface area contributed by atoms with Crippen LogP contribution in [-0.4, -0.2) is 10.4 Å². The zero-order chi connectivity index (χ0) is 11.4. The van der Waals surface area contributed by atoms with Gasteiger partial charge in [-0.15, -0.1) is 11.8 Å². The minimum atomic E-state index is 0.00303. The van der Waals surface area contributed by atoms with Crippen LogP contribution in [0, 0.1) is 11.3 Å². The lowest BCUT2D eigenvalue weighted by Crippen LogP contribution is -1.95. The molecule has 16 heavy (non-hydrogen) atoms. The maximum Gasteiger partial charge on any atom is 0.100 e. The summed E-state index contributed by atoms with van der Waals surface area (Å²) >= 11 is 1.82. The van der Waals surface area contributed by atoms with E-state index >= 15 is 0 Å². The number of nitriles is 1. The molecule has 1 aromatic rings. The van der Waals surface area contributed by atoms with Gasteiger partial charge in [-0.25, -0.2) is 0 Å². The number of aliphatic hydroxyl groups is 1. The topological polar surface area (TPSA) is 44.0 Å². The molecule has 1 aliphatic carbocycles. The highest BCUT2D eigenvalue weighted by molar-refractivity contribution is 8.00. The van der Waals surface area contributed by atoms with E-state index in [9.17, 15) is 0 Å². The monoisotopic (exact) mass is 233 g/mol. The average Bonchev–Trinajstić information content (AvgIpc) is 2.82. The summed E-state index contributed by atoms with van der Waals surface area (Å²) in [5, 5.41) is 18.8. The summed E-state index contributed by atoms with van der Waals surface area (Å²) in [7, 11) is 0. The van der Waals surface area contributed by atoms with E-state index in [0.717, 1.165) is 10.5 Å². The first kappa shape index (κ1) is 11.5. The molecule has 3 heteroatoms. The number of rotatable bonds is 3. The van der Waals surface area contributed by atoms with E-state index in [1.807, 2.05) is 23.9 Å².